The van der Waals surface area contributed by atoms with Crippen LogP contribution >= 0.6 is 23.2 Å². The maximum absolute atomic E-state index is 13.1. The van der Waals surface area contributed by atoms with Crippen molar-refractivity contribution in [2.75, 3.05) is 6.54 Å². The SMILES string of the molecule is CCc1cc(-c2noc(-c3cn4cc(C(F)(F)F)cc(Cl)c4n3)n2)c(Cl)cc1OC1CCC(=O)NC1. The van der Waals surface area contributed by atoms with Crippen LogP contribution in [0.1, 0.15) is 30.9 Å². The minimum absolute atomic E-state index is 0.000489. The molecule has 1 fully saturated rings. The molecule has 36 heavy (non-hydrogen) atoms. The Labute approximate surface area is 212 Å². The summed E-state index contributed by atoms with van der Waals surface area (Å²) in [5, 5.41) is 6.92. The highest BCUT2D eigenvalue weighted by Gasteiger charge is 2.32. The van der Waals surface area contributed by atoms with Crippen molar-refractivity contribution in [3.8, 4) is 28.7 Å². The van der Waals surface area contributed by atoms with E-state index in [2.05, 4.69) is 20.4 Å². The molecule has 1 unspecified atom stereocenters. The van der Waals surface area contributed by atoms with E-state index in [1.54, 1.807) is 12.1 Å². The normalized spacial score (nSPS) is 16.4. The van der Waals surface area contributed by atoms with E-state index in [1.807, 2.05) is 6.92 Å². The number of benzene rings is 1. The summed E-state index contributed by atoms with van der Waals surface area (Å²) in [4.78, 5) is 20.0. The van der Waals surface area contributed by atoms with Gasteiger partial charge >= 0.3 is 6.18 Å². The molecule has 0 bridgehead atoms. The quantitative estimate of drug-likeness (QED) is 0.355. The number of pyridine rings is 1. The minimum atomic E-state index is -4.56. The van der Waals surface area contributed by atoms with Gasteiger partial charge in [-0.2, -0.15) is 18.2 Å². The first kappa shape index (κ1) is 24.4. The fraction of sp³-hybridized carbons (Fsp3) is 0.304. The van der Waals surface area contributed by atoms with Gasteiger partial charge in [0.15, 0.2) is 5.65 Å². The van der Waals surface area contributed by atoms with E-state index >= 15 is 0 Å². The summed E-state index contributed by atoms with van der Waals surface area (Å²) >= 11 is 12.5. The van der Waals surface area contributed by atoms with Crippen molar-refractivity contribution < 1.29 is 27.2 Å². The van der Waals surface area contributed by atoms with Crippen LogP contribution in [-0.4, -0.2) is 38.1 Å². The molecule has 8 nitrogen and oxygen atoms in total. The molecule has 1 N–H and O–H groups in total. The highest BCUT2D eigenvalue weighted by molar-refractivity contribution is 6.33. The van der Waals surface area contributed by atoms with Gasteiger partial charge in [-0.3, -0.25) is 4.79 Å². The standard InChI is InChI=1S/C23H18Cl2F3N5O3/c1-2-11-5-14(15(24)7-18(11)35-13-3-4-19(34)29-8-13)20-31-22(36-32-20)17-10-33-9-12(23(26,27)28)6-16(25)21(33)30-17/h5-7,9-10,13H,2-4,8H2,1H3,(H,29,34). The van der Waals surface area contributed by atoms with Crippen molar-refractivity contribution in [1.82, 2.24) is 24.8 Å². The largest absolute Gasteiger partial charge is 0.488 e. The first-order chi connectivity index (χ1) is 17.1. The number of hydrogen-bond donors (Lipinski definition) is 1. The van der Waals surface area contributed by atoms with Crippen LogP contribution in [0.15, 0.2) is 35.1 Å². The van der Waals surface area contributed by atoms with Crippen molar-refractivity contribution in [2.24, 2.45) is 0 Å². The van der Waals surface area contributed by atoms with Gasteiger partial charge in [0.1, 0.15) is 17.5 Å². The van der Waals surface area contributed by atoms with Crippen molar-refractivity contribution in [1.29, 1.82) is 0 Å². The van der Waals surface area contributed by atoms with Gasteiger partial charge in [0, 0.05) is 24.4 Å². The Balaban J connectivity index is 1.44. The summed E-state index contributed by atoms with van der Waals surface area (Å²) in [6, 6.07) is 4.28. The van der Waals surface area contributed by atoms with Crippen LogP contribution in [0.5, 0.6) is 5.75 Å². The summed E-state index contributed by atoms with van der Waals surface area (Å²) in [5.74, 6) is 0.776. The number of aromatic nitrogens is 4. The first-order valence-electron chi connectivity index (χ1n) is 11.0. The van der Waals surface area contributed by atoms with E-state index in [-0.39, 0.29) is 40.1 Å². The topological polar surface area (TPSA) is 94.6 Å². The van der Waals surface area contributed by atoms with Crippen LogP contribution in [0, 0.1) is 0 Å². The van der Waals surface area contributed by atoms with Crippen molar-refractivity contribution in [3.63, 3.8) is 0 Å². The van der Waals surface area contributed by atoms with Crippen LogP contribution in [0.4, 0.5) is 13.2 Å². The van der Waals surface area contributed by atoms with E-state index in [0.717, 1.165) is 22.2 Å². The molecule has 1 aliphatic rings. The minimum Gasteiger partial charge on any atom is -0.488 e. The summed E-state index contributed by atoms with van der Waals surface area (Å²) in [6.45, 7) is 2.38. The number of amides is 1. The molecule has 5 rings (SSSR count). The van der Waals surface area contributed by atoms with Gasteiger partial charge in [0.05, 0.1) is 22.2 Å². The molecule has 4 aromatic rings. The molecule has 1 amide bonds. The lowest BCUT2D eigenvalue weighted by molar-refractivity contribution is -0.137. The highest BCUT2D eigenvalue weighted by Crippen LogP contribution is 2.36. The monoisotopic (exact) mass is 539 g/mol. The lowest BCUT2D eigenvalue weighted by Gasteiger charge is -2.25. The molecule has 13 heteroatoms. The molecule has 4 heterocycles. The Morgan fingerprint density at radius 2 is 2.00 bits per heavy atom. The van der Waals surface area contributed by atoms with Gasteiger partial charge in [0.2, 0.25) is 11.7 Å². The number of alkyl halides is 3. The molecule has 0 aliphatic carbocycles. The van der Waals surface area contributed by atoms with Crippen molar-refractivity contribution in [2.45, 2.75) is 38.5 Å². The second-order valence-corrected chi connectivity index (χ2v) is 9.04. The molecular formula is C23H18Cl2F3N5O3. The van der Waals surface area contributed by atoms with Crippen molar-refractivity contribution in [3.05, 3.63) is 51.8 Å². The molecule has 1 aliphatic heterocycles. The van der Waals surface area contributed by atoms with Crippen LogP contribution in [0.3, 0.4) is 0 Å². The zero-order valence-corrected chi connectivity index (χ0v) is 20.2. The Hall–Kier alpha value is -3.31. The number of piperidine rings is 1. The Kier molecular flexibility index (Phi) is 6.29. The predicted octanol–water partition coefficient (Wildman–Crippen LogP) is 5.60. The molecule has 0 spiro atoms. The number of ether oxygens (including phenoxy) is 1. The number of hydrogen-bond acceptors (Lipinski definition) is 6. The molecule has 1 atom stereocenters. The van der Waals surface area contributed by atoms with Gasteiger partial charge in [-0.1, -0.05) is 35.3 Å². The van der Waals surface area contributed by atoms with E-state index in [0.29, 0.717) is 42.1 Å². The van der Waals surface area contributed by atoms with E-state index < -0.39 is 11.7 Å². The highest BCUT2D eigenvalue weighted by atomic mass is 35.5. The Bertz CT molecular complexity index is 1460. The fourth-order valence-corrected chi connectivity index (χ4v) is 4.40. The number of carbonyl (C=O) groups excluding carboxylic acids is 1. The number of aryl methyl sites for hydroxylation is 1. The lowest BCUT2D eigenvalue weighted by Crippen LogP contribution is -2.40. The number of nitrogens with zero attached hydrogens (tertiary/aromatic N) is 4. The Morgan fingerprint density at radius 3 is 2.69 bits per heavy atom. The number of nitrogens with one attached hydrogen (secondary N) is 1. The van der Waals surface area contributed by atoms with E-state index in [1.165, 1.54) is 6.20 Å². The van der Waals surface area contributed by atoms with Gasteiger partial charge in [-0.05, 0) is 36.6 Å². The first-order valence-corrected chi connectivity index (χ1v) is 11.7. The second-order valence-electron chi connectivity index (χ2n) is 8.23. The zero-order chi connectivity index (χ0) is 25.6. The zero-order valence-electron chi connectivity index (χ0n) is 18.7. The smallest absolute Gasteiger partial charge is 0.417 e. The third kappa shape index (κ3) is 4.72. The number of fused-ring (bicyclic) bond motifs is 1. The van der Waals surface area contributed by atoms with Crippen molar-refractivity contribution >= 4 is 34.8 Å². The molecule has 0 radical (unpaired) electrons. The molecule has 1 saturated heterocycles. The average Bonchev–Trinajstić information content (AvgIpc) is 3.48. The van der Waals surface area contributed by atoms with Gasteiger partial charge < -0.3 is 19.0 Å². The van der Waals surface area contributed by atoms with Gasteiger partial charge in [-0.15, -0.1) is 0 Å². The van der Waals surface area contributed by atoms with Gasteiger partial charge in [0.25, 0.3) is 5.89 Å². The van der Waals surface area contributed by atoms with Crippen LogP contribution in [0.2, 0.25) is 10.0 Å². The summed E-state index contributed by atoms with van der Waals surface area (Å²) in [7, 11) is 0. The lowest BCUT2D eigenvalue weighted by atomic mass is 10.1. The Morgan fingerprint density at radius 1 is 1.19 bits per heavy atom. The molecule has 188 valence electrons. The van der Waals surface area contributed by atoms with Crippen LogP contribution in [0.25, 0.3) is 28.6 Å². The third-order valence-corrected chi connectivity index (χ3v) is 6.36. The molecular weight excluding hydrogens is 522 g/mol. The summed E-state index contributed by atoms with van der Waals surface area (Å²) < 4.78 is 51.9. The number of carbonyl (C=O) groups is 1. The van der Waals surface area contributed by atoms with E-state index in [9.17, 15) is 18.0 Å². The number of halogens is 5. The molecule has 3 aromatic heterocycles. The van der Waals surface area contributed by atoms with E-state index in [4.69, 9.17) is 32.5 Å². The molecule has 0 saturated carbocycles. The fourth-order valence-electron chi connectivity index (χ4n) is 3.90. The average molecular weight is 540 g/mol. The second kappa shape index (κ2) is 9.29. The summed E-state index contributed by atoms with van der Waals surface area (Å²) in [6.07, 6.45) is -0.871. The maximum atomic E-state index is 13.1. The van der Waals surface area contributed by atoms with Gasteiger partial charge in [-0.25, -0.2) is 4.98 Å². The maximum Gasteiger partial charge on any atom is 0.417 e. The predicted molar refractivity (Wildman–Crippen MR) is 125 cm³/mol. The van der Waals surface area contributed by atoms with Crippen LogP contribution in [-0.2, 0) is 17.4 Å². The number of imidazole rings is 1. The number of rotatable bonds is 5. The summed E-state index contributed by atoms with van der Waals surface area (Å²) in [5.41, 5.74) is 0.713. The molecule has 1 aromatic carbocycles. The third-order valence-electron chi connectivity index (χ3n) is 5.76. The van der Waals surface area contributed by atoms with Crippen LogP contribution < -0.4 is 10.1 Å².